The van der Waals surface area contributed by atoms with E-state index in [1.54, 1.807) is 12.1 Å². The summed E-state index contributed by atoms with van der Waals surface area (Å²) in [7, 11) is 0. The monoisotopic (exact) mass is 590 g/mol. The van der Waals surface area contributed by atoms with Gasteiger partial charge in [-0.25, -0.2) is 14.2 Å². The molecule has 3 N–H and O–H groups in total. The summed E-state index contributed by atoms with van der Waals surface area (Å²) in [6, 6.07) is 13.9. The Kier molecular flexibility index (Phi) is 9.63. The number of benzene rings is 2. The lowest BCUT2D eigenvalue weighted by Gasteiger charge is -2.33. The highest BCUT2D eigenvalue weighted by molar-refractivity contribution is 5.96. The Balaban J connectivity index is 1.34. The number of carbonyl (C=O) groups excluding carboxylic acids is 2. The van der Waals surface area contributed by atoms with Crippen LogP contribution >= 0.6 is 0 Å². The second kappa shape index (κ2) is 13.7. The number of pyridine rings is 1. The summed E-state index contributed by atoms with van der Waals surface area (Å²) in [5.41, 5.74) is 3.33. The van der Waals surface area contributed by atoms with E-state index in [0.717, 1.165) is 41.8 Å². The predicted octanol–water partition coefficient (Wildman–Crippen LogP) is 5.02. The van der Waals surface area contributed by atoms with Gasteiger partial charge in [-0.2, -0.15) is 0 Å². The number of nitrogens with zero attached hydrogens (tertiary/aromatic N) is 2. The molecule has 1 aliphatic heterocycles. The zero-order valence-electron chi connectivity index (χ0n) is 23.9. The van der Waals surface area contributed by atoms with Crippen molar-refractivity contribution in [3.63, 3.8) is 0 Å². The lowest BCUT2D eigenvalue weighted by molar-refractivity contribution is -0.00430. The van der Waals surface area contributed by atoms with Crippen molar-refractivity contribution >= 4 is 18.3 Å². The van der Waals surface area contributed by atoms with Gasteiger partial charge >= 0.3 is 6.09 Å². The minimum Gasteiger partial charge on any atom is -0.465 e. The maximum atomic E-state index is 14.2. The highest BCUT2D eigenvalue weighted by atomic mass is 19.1. The zero-order valence-corrected chi connectivity index (χ0v) is 23.9. The fourth-order valence-corrected chi connectivity index (χ4v) is 5.64. The second-order valence-corrected chi connectivity index (χ2v) is 11.0. The highest BCUT2D eigenvalue weighted by Gasteiger charge is 2.26. The molecule has 1 saturated heterocycles. The molecule has 2 fully saturated rings. The maximum Gasteiger partial charge on any atom is 0.404 e. The average molecular weight is 591 g/mol. The minimum atomic E-state index is -1.06. The number of halogens is 1. The van der Waals surface area contributed by atoms with Crippen LogP contribution in [0, 0.1) is 5.82 Å². The van der Waals surface area contributed by atoms with Crippen molar-refractivity contribution in [3.05, 3.63) is 77.2 Å². The van der Waals surface area contributed by atoms with Crippen LogP contribution in [0.3, 0.4) is 0 Å². The summed E-state index contributed by atoms with van der Waals surface area (Å²) in [4.78, 5) is 42.1. The number of hydrogen-bond acceptors (Lipinski definition) is 7. The standard InChI is InChI=1S/C32H35FN4O6/c1-20-19-42-12-11-37(20)17-23-13-21(18-38)5-10-28(23)22-3-2-4-27(14-22)43-31-29(15-24(33)16-34-31)30(39)35-25-6-8-26(9-7-25)36-32(40)41/h2-5,10,13-16,18,20,25-26,36H,6-9,11-12,17,19H2,1H3,(H,35,39)(H,40,41)/t20-,25-,26-/m0/s1. The number of morpholine rings is 1. The number of ether oxygens (including phenoxy) is 2. The fraction of sp³-hybridized carbons (Fsp3) is 0.375. The van der Waals surface area contributed by atoms with Gasteiger partial charge in [-0.05, 0) is 73.6 Å². The number of hydrogen-bond donors (Lipinski definition) is 3. The normalized spacial score (nSPS) is 20.7. The topological polar surface area (TPSA) is 130 Å². The van der Waals surface area contributed by atoms with E-state index in [9.17, 15) is 18.8 Å². The van der Waals surface area contributed by atoms with Crippen molar-refractivity contribution in [2.45, 2.75) is 57.3 Å². The quantitative estimate of drug-likeness (QED) is 0.296. The Hall–Kier alpha value is -4.35. The number of aldehydes is 1. The molecule has 10 nitrogen and oxygen atoms in total. The molecule has 3 aromatic rings. The first-order valence-electron chi connectivity index (χ1n) is 14.4. The van der Waals surface area contributed by atoms with Gasteiger partial charge in [0.25, 0.3) is 5.91 Å². The SMILES string of the molecule is C[C@H]1COCCN1Cc1cc(C=O)ccc1-c1cccc(Oc2ncc(F)cc2C(=O)N[C@H]2CC[C@H](NC(=O)O)CC2)c1. The molecule has 2 heterocycles. The Morgan fingerprint density at radius 1 is 1.12 bits per heavy atom. The lowest BCUT2D eigenvalue weighted by atomic mass is 9.91. The Labute approximate surface area is 249 Å². The van der Waals surface area contributed by atoms with Crippen molar-refractivity contribution in [1.82, 2.24) is 20.5 Å². The van der Waals surface area contributed by atoms with Crippen LogP contribution in [0.4, 0.5) is 9.18 Å². The third-order valence-corrected chi connectivity index (χ3v) is 7.96. The van der Waals surface area contributed by atoms with Crippen LogP contribution in [-0.4, -0.2) is 71.2 Å². The number of rotatable bonds is 9. The summed E-state index contributed by atoms with van der Waals surface area (Å²) in [6.45, 7) is 4.85. The van der Waals surface area contributed by atoms with Gasteiger partial charge in [0.05, 0.1) is 19.4 Å². The van der Waals surface area contributed by atoms with Crippen LogP contribution in [0.2, 0.25) is 0 Å². The maximum absolute atomic E-state index is 14.2. The Morgan fingerprint density at radius 2 is 1.88 bits per heavy atom. The van der Waals surface area contributed by atoms with Gasteiger partial charge in [-0.3, -0.25) is 14.5 Å². The van der Waals surface area contributed by atoms with Crippen LogP contribution in [0.5, 0.6) is 11.6 Å². The van der Waals surface area contributed by atoms with Gasteiger partial charge in [0.15, 0.2) is 0 Å². The van der Waals surface area contributed by atoms with E-state index < -0.39 is 17.8 Å². The van der Waals surface area contributed by atoms with E-state index in [-0.39, 0.29) is 29.6 Å². The third-order valence-electron chi connectivity index (χ3n) is 7.96. The minimum absolute atomic E-state index is 0.0315. The van der Waals surface area contributed by atoms with E-state index in [1.807, 2.05) is 30.3 Å². The van der Waals surface area contributed by atoms with Gasteiger partial charge in [-0.15, -0.1) is 0 Å². The molecule has 1 atom stereocenters. The largest absolute Gasteiger partial charge is 0.465 e. The van der Waals surface area contributed by atoms with Crippen molar-refractivity contribution in [3.8, 4) is 22.8 Å². The molecule has 2 aromatic carbocycles. The van der Waals surface area contributed by atoms with Crippen LogP contribution in [-0.2, 0) is 11.3 Å². The molecule has 1 aromatic heterocycles. The molecular formula is C32H35FN4O6. The van der Waals surface area contributed by atoms with Crippen molar-refractivity contribution in [2.24, 2.45) is 0 Å². The molecule has 11 heteroatoms. The van der Waals surface area contributed by atoms with Crippen LogP contribution in [0.25, 0.3) is 11.1 Å². The molecular weight excluding hydrogens is 555 g/mol. The molecule has 0 bridgehead atoms. The van der Waals surface area contributed by atoms with Crippen LogP contribution in [0.15, 0.2) is 54.7 Å². The number of carboxylic acid groups (broad SMARTS) is 1. The summed E-state index contributed by atoms with van der Waals surface area (Å²) < 4.78 is 25.8. The molecule has 43 heavy (non-hydrogen) atoms. The molecule has 2 aliphatic rings. The first-order valence-corrected chi connectivity index (χ1v) is 14.4. The highest BCUT2D eigenvalue weighted by Crippen LogP contribution is 2.32. The molecule has 226 valence electrons. The number of nitrogens with one attached hydrogen (secondary N) is 2. The van der Waals surface area contributed by atoms with Crippen LogP contribution < -0.4 is 15.4 Å². The van der Waals surface area contributed by atoms with Gasteiger partial charge in [-0.1, -0.05) is 24.3 Å². The number of carbonyl (C=O) groups is 3. The van der Waals surface area contributed by atoms with Gasteiger partial charge in [0, 0.05) is 36.8 Å². The summed E-state index contributed by atoms with van der Waals surface area (Å²) in [5.74, 6) is -0.802. The first-order chi connectivity index (χ1) is 20.8. The zero-order chi connectivity index (χ0) is 30.3. The summed E-state index contributed by atoms with van der Waals surface area (Å²) in [5, 5.41) is 14.3. The third kappa shape index (κ3) is 7.74. The second-order valence-electron chi connectivity index (χ2n) is 11.0. The molecule has 0 radical (unpaired) electrons. The molecule has 2 amide bonds. The molecule has 1 aliphatic carbocycles. The summed E-state index contributed by atoms with van der Waals surface area (Å²) >= 11 is 0. The number of aromatic nitrogens is 1. The molecule has 1 saturated carbocycles. The average Bonchev–Trinajstić information content (AvgIpc) is 3.00. The summed E-state index contributed by atoms with van der Waals surface area (Å²) in [6.07, 6.45) is 3.13. The van der Waals surface area contributed by atoms with E-state index in [0.29, 0.717) is 56.8 Å². The predicted molar refractivity (Wildman–Crippen MR) is 157 cm³/mol. The first kappa shape index (κ1) is 30.1. The lowest BCUT2D eigenvalue weighted by Crippen LogP contribution is -2.43. The molecule has 0 unspecified atom stereocenters. The smallest absolute Gasteiger partial charge is 0.404 e. The van der Waals surface area contributed by atoms with Gasteiger partial charge in [0.1, 0.15) is 23.4 Å². The van der Waals surface area contributed by atoms with E-state index in [4.69, 9.17) is 14.6 Å². The van der Waals surface area contributed by atoms with Crippen LogP contribution in [0.1, 0.15) is 58.9 Å². The Morgan fingerprint density at radius 3 is 2.60 bits per heavy atom. The fourth-order valence-electron chi connectivity index (χ4n) is 5.64. The number of amides is 2. The van der Waals surface area contributed by atoms with Gasteiger partial charge in [0.2, 0.25) is 5.88 Å². The van der Waals surface area contributed by atoms with Crippen molar-refractivity contribution in [2.75, 3.05) is 19.8 Å². The molecule has 5 rings (SSSR count). The van der Waals surface area contributed by atoms with Crippen molar-refractivity contribution < 1.29 is 33.4 Å². The van der Waals surface area contributed by atoms with Gasteiger partial charge < -0.3 is 25.2 Å². The Bertz CT molecular complexity index is 1480. The van der Waals surface area contributed by atoms with Crippen molar-refractivity contribution in [1.29, 1.82) is 0 Å². The molecule has 0 spiro atoms. The van der Waals surface area contributed by atoms with E-state index >= 15 is 0 Å². The van der Waals surface area contributed by atoms with E-state index in [1.165, 1.54) is 0 Å². The van der Waals surface area contributed by atoms with E-state index in [2.05, 4.69) is 27.4 Å².